The molecule has 1 N–H and O–H groups in total. The molecule has 1 heterocycles. The summed E-state index contributed by atoms with van der Waals surface area (Å²) in [6, 6.07) is 0. The van der Waals surface area contributed by atoms with Gasteiger partial charge in [0.1, 0.15) is 0 Å². The van der Waals surface area contributed by atoms with E-state index in [1.54, 1.807) is 0 Å². The van der Waals surface area contributed by atoms with Gasteiger partial charge >= 0.3 is 0 Å². The molecule has 1 rings (SSSR count). The van der Waals surface area contributed by atoms with E-state index < -0.39 is 0 Å². The minimum atomic E-state index is 0.756. The molecule has 0 radical (unpaired) electrons. The van der Waals surface area contributed by atoms with Gasteiger partial charge in [-0.3, -0.25) is 0 Å². The van der Waals surface area contributed by atoms with E-state index in [1.165, 1.54) is 18.5 Å². The third kappa shape index (κ3) is 1.74. The summed E-state index contributed by atoms with van der Waals surface area (Å²) in [5, 5.41) is 3.37. The lowest BCUT2D eigenvalue weighted by molar-refractivity contribution is 0.701. The summed E-state index contributed by atoms with van der Waals surface area (Å²) in [6.07, 6.45) is 4.82. The molecule has 1 aliphatic rings. The zero-order chi connectivity index (χ0) is 6.69. The predicted molar refractivity (Wildman–Crippen MR) is 40.2 cm³/mol. The number of allylic oxidation sites excluding steroid dienone is 1. The van der Waals surface area contributed by atoms with E-state index in [0.717, 1.165) is 12.5 Å². The van der Waals surface area contributed by atoms with Crippen molar-refractivity contribution < 1.29 is 0 Å². The summed E-state index contributed by atoms with van der Waals surface area (Å²) >= 11 is 0. The van der Waals surface area contributed by atoms with Crippen molar-refractivity contribution in [1.82, 2.24) is 5.32 Å². The lowest BCUT2D eigenvalue weighted by Gasteiger charge is -1.99. The highest BCUT2D eigenvalue weighted by Gasteiger charge is 2.07. The second-order valence-electron chi connectivity index (χ2n) is 2.80. The van der Waals surface area contributed by atoms with Crippen LogP contribution in [0.5, 0.6) is 0 Å². The van der Waals surface area contributed by atoms with Gasteiger partial charge < -0.3 is 5.32 Å². The van der Waals surface area contributed by atoms with E-state index in [-0.39, 0.29) is 0 Å². The molecule has 0 saturated carbocycles. The smallest absolute Gasteiger partial charge is 0.0204 e. The molecule has 0 aliphatic carbocycles. The maximum absolute atomic E-state index is 3.37. The molecule has 0 amide bonds. The first kappa shape index (κ1) is 6.66. The van der Waals surface area contributed by atoms with E-state index in [4.69, 9.17) is 0 Å². The van der Waals surface area contributed by atoms with Crippen LogP contribution in [-0.2, 0) is 0 Å². The molecular formula is C8H15N. The summed E-state index contributed by atoms with van der Waals surface area (Å²) in [6.45, 7) is 5.61. The van der Waals surface area contributed by atoms with E-state index >= 15 is 0 Å². The molecule has 0 saturated heterocycles. The summed E-state index contributed by atoms with van der Waals surface area (Å²) in [5.41, 5.74) is 1.45. The first-order valence-electron chi connectivity index (χ1n) is 3.77. The van der Waals surface area contributed by atoms with Crippen molar-refractivity contribution in [2.24, 2.45) is 5.92 Å². The zero-order valence-electron chi connectivity index (χ0n) is 6.28. The van der Waals surface area contributed by atoms with Crippen molar-refractivity contribution >= 4 is 0 Å². The first-order valence-corrected chi connectivity index (χ1v) is 3.77. The van der Waals surface area contributed by atoms with Crippen LogP contribution in [0, 0.1) is 5.92 Å². The molecule has 1 unspecified atom stereocenters. The number of nitrogens with one attached hydrogen (secondary N) is 1. The summed E-state index contributed by atoms with van der Waals surface area (Å²) in [7, 11) is 0. The molecule has 0 fully saturated rings. The van der Waals surface area contributed by atoms with Gasteiger partial charge in [-0.2, -0.15) is 0 Å². The van der Waals surface area contributed by atoms with Gasteiger partial charge in [-0.1, -0.05) is 26.3 Å². The fourth-order valence-corrected chi connectivity index (χ4v) is 1.19. The Kier molecular flexibility index (Phi) is 2.15. The molecule has 0 aromatic rings. The van der Waals surface area contributed by atoms with Crippen LogP contribution in [0.1, 0.15) is 26.7 Å². The molecule has 1 aliphatic heterocycles. The van der Waals surface area contributed by atoms with Crippen molar-refractivity contribution in [2.75, 3.05) is 6.54 Å². The lowest BCUT2D eigenvalue weighted by atomic mass is 10.2. The summed E-state index contributed by atoms with van der Waals surface area (Å²) in [4.78, 5) is 0. The fraction of sp³-hybridized carbons (Fsp3) is 0.750. The molecule has 0 aromatic heterocycles. The lowest BCUT2D eigenvalue weighted by Crippen LogP contribution is -2.09. The first-order chi connectivity index (χ1) is 4.33. The van der Waals surface area contributed by atoms with Gasteiger partial charge in [0.05, 0.1) is 0 Å². The fourth-order valence-electron chi connectivity index (χ4n) is 1.19. The Morgan fingerprint density at radius 3 is 3.00 bits per heavy atom. The Bertz CT molecular complexity index is 116. The standard InChI is InChI=1S/C8H15N/c1-3-4-8-5-7(2)6-9-8/h5,7,9H,3-4,6H2,1-2H3. The van der Waals surface area contributed by atoms with Crippen molar-refractivity contribution in [3.8, 4) is 0 Å². The second-order valence-corrected chi connectivity index (χ2v) is 2.80. The van der Waals surface area contributed by atoms with Crippen LogP contribution in [0.3, 0.4) is 0 Å². The third-order valence-electron chi connectivity index (χ3n) is 1.66. The number of hydrogen-bond acceptors (Lipinski definition) is 1. The number of hydrogen-bond donors (Lipinski definition) is 1. The Balaban J connectivity index is 2.33. The largest absolute Gasteiger partial charge is 0.388 e. The highest BCUT2D eigenvalue weighted by molar-refractivity contribution is 5.08. The average Bonchev–Trinajstić information content (AvgIpc) is 2.17. The van der Waals surface area contributed by atoms with Crippen molar-refractivity contribution in [3.05, 3.63) is 11.8 Å². The molecular weight excluding hydrogens is 110 g/mol. The topological polar surface area (TPSA) is 12.0 Å². The molecule has 1 atom stereocenters. The highest BCUT2D eigenvalue weighted by Crippen LogP contribution is 2.12. The van der Waals surface area contributed by atoms with Crippen molar-refractivity contribution in [1.29, 1.82) is 0 Å². The minimum absolute atomic E-state index is 0.756. The Labute approximate surface area is 57.1 Å². The molecule has 1 nitrogen and oxygen atoms in total. The molecule has 52 valence electrons. The maximum atomic E-state index is 3.37. The molecule has 0 aromatic carbocycles. The van der Waals surface area contributed by atoms with Crippen LogP contribution in [0.15, 0.2) is 11.8 Å². The van der Waals surface area contributed by atoms with Gasteiger partial charge in [0.15, 0.2) is 0 Å². The van der Waals surface area contributed by atoms with Crippen LogP contribution < -0.4 is 5.32 Å². The van der Waals surface area contributed by atoms with Crippen LogP contribution in [-0.4, -0.2) is 6.54 Å². The Morgan fingerprint density at radius 1 is 1.78 bits per heavy atom. The summed E-state index contributed by atoms with van der Waals surface area (Å²) < 4.78 is 0. The zero-order valence-corrected chi connectivity index (χ0v) is 6.28. The minimum Gasteiger partial charge on any atom is -0.388 e. The number of rotatable bonds is 2. The molecule has 1 heteroatoms. The Morgan fingerprint density at radius 2 is 2.56 bits per heavy atom. The third-order valence-corrected chi connectivity index (χ3v) is 1.66. The van der Waals surface area contributed by atoms with Crippen molar-refractivity contribution in [3.63, 3.8) is 0 Å². The Hall–Kier alpha value is -0.460. The maximum Gasteiger partial charge on any atom is 0.0204 e. The van der Waals surface area contributed by atoms with Gasteiger partial charge in [0.2, 0.25) is 0 Å². The van der Waals surface area contributed by atoms with Crippen LogP contribution in [0.25, 0.3) is 0 Å². The van der Waals surface area contributed by atoms with E-state index in [1.807, 2.05) is 0 Å². The van der Waals surface area contributed by atoms with Gasteiger partial charge in [-0.05, 0) is 12.3 Å². The molecule has 9 heavy (non-hydrogen) atoms. The van der Waals surface area contributed by atoms with Crippen LogP contribution in [0.4, 0.5) is 0 Å². The van der Waals surface area contributed by atoms with Gasteiger partial charge in [-0.25, -0.2) is 0 Å². The van der Waals surface area contributed by atoms with Gasteiger partial charge in [0, 0.05) is 12.2 Å². The molecule has 0 bridgehead atoms. The SMILES string of the molecule is CCCC1=CC(C)CN1. The van der Waals surface area contributed by atoms with Gasteiger partial charge in [0.25, 0.3) is 0 Å². The highest BCUT2D eigenvalue weighted by atomic mass is 14.9. The van der Waals surface area contributed by atoms with Crippen LogP contribution in [0.2, 0.25) is 0 Å². The second kappa shape index (κ2) is 2.90. The van der Waals surface area contributed by atoms with E-state index in [2.05, 4.69) is 25.2 Å². The average molecular weight is 125 g/mol. The van der Waals surface area contributed by atoms with E-state index in [9.17, 15) is 0 Å². The molecule has 0 spiro atoms. The predicted octanol–water partition coefficient (Wildman–Crippen LogP) is 1.91. The van der Waals surface area contributed by atoms with Crippen LogP contribution >= 0.6 is 0 Å². The van der Waals surface area contributed by atoms with E-state index in [0.29, 0.717) is 0 Å². The normalized spacial score (nSPS) is 25.6. The van der Waals surface area contributed by atoms with Crippen molar-refractivity contribution in [2.45, 2.75) is 26.7 Å². The van der Waals surface area contributed by atoms with Gasteiger partial charge in [-0.15, -0.1) is 0 Å². The quantitative estimate of drug-likeness (QED) is 0.594. The monoisotopic (exact) mass is 125 g/mol. The summed E-state index contributed by atoms with van der Waals surface area (Å²) in [5.74, 6) is 0.756.